The van der Waals surface area contributed by atoms with Crippen LogP contribution in [0.15, 0.2) is 59.8 Å². The van der Waals surface area contributed by atoms with Gasteiger partial charge in [-0.25, -0.2) is 4.68 Å². The molecule has 0 spiro atoms. The van der Waals surface area contributed by atoms with Gasteiger partial charge in [-0.05, 0) is 48.6 Å². The highest BCUT2D eigenvalue weighted by atomic mass is 16.5. The molecule has 7 heteroatoms. The molecule has 1 aromatic heterocycles. The molecule has 1 unspecified atom stereocenters. The van der Waals surface area contributed by atoms with Gasteiger partial charge in [-0.1, -0.05) is 38.1 Å². The lowest BCUT2D eigenvalue weighted by Gasteiger charge is -2.38. The van der Waals surface area contributed by atoms with Gasteiger partial charge in [-0.2, -0.15) is 4.98 Å². The van der Waals surface area contributed by atoms with Gasteiger partial charge in [-0.15, -0.1) is 5.10 Å². The lowest BCUT2D eigenvalue weighted by atomic mass is 9.73. The molecule has 170 valence electrons. The number of carbonyl (C=O) groups excluding carboxylic acids is 1. The maximum absolute atomic E-state index is 13.4. The maximum Gasteiger partial charge on any atom is 0.226 e. The van der Waals surface area contributed by atoms with Crippen LogP contribution >= 0.6 is 0 Å². The summed E-state index contributed by atoms with van der Waals surface area (Å²) in [5, 5.41) is 8.28. The number of hydrogen-bond acceptors (Lipinski definition) is 6. The summed E-state index contributed by atoms with van der Waals surface area (Å²) >= 11 is 0. The average Bonchev–Trinajstić information content (AvgIpc) is 3.21. The molecule has 2 aliphatic rings. The molecule has 2 heterocycles. The molecule has 1 aliphatic heterocycles. The zero-order valence-electron chi connectivity index (χ0n) is 19.4. The molecule has 1 aliphatic carbocycles. The Morgan fingerprint density at radius 1 is 1.12 bits per heavy atom. The SMILES string of the molecule is CCOc1ccc(C2C3=C(CC(C)(C)CC3=O)Nc3nc(-c4ccccc4OC)nn32)cc1. The van der Waals surface area contributed by atoms with Gasteiger partial charge in [-0.3, -0.25) is 4.79 Å². The standard InChI is InChI=1S/C26H28N4O3/c1-5-33-17-12-10-16(11-13-17)23-22-19(14-26(2,3)15-20(22)31)27-25-28-24(29-30(23)25)18-8-6-7-9-21(18)32-4/h6-13,23H,5,14-15H2,1-4H3,(H,27,28,29). The van der Waals surface area contributed by atoms with E-state index < -0.39 is 0 Å². The van der Waals surface area contributed by atoms with E-state index in [-0.39, 0.29) is 17.2 Å². The predicted octanol–water partition coefficient (Wildman–Crippen LogP) is 5.01. The fourth-order valence-corrected chi connectivity index (χ4v) is 4.77. The first-order valence-corrected chi connectivity index (χ1v) is 11.3. The van der Waals surface area contributed by atoms with E-state index in [9.17, 15) is 4.79 Å². The second-order valence-corrected chi connectivity index (χ2v) is 9.27. The van der Waals surface area contributed by atoms with E-state index in [4.69, 9.17) is 19.6 Å². The number of aromatic nitrogens is 3. The molecular weight excluding hydrogens is 416 g/mol. The van der Waals surface area contributed by atoms with E-state index in [1.54, 1.807) is 7.11 Å². The number of methoxy groups -OCH3 is 1. The summed E-state index contributed by atoms with van der Waals surface area (Å²) < 4.78 is 13.0. The Hall–Kier alpha value is -3.61. The molecule has 0 amide bonds. The number of ether oxygens (including phenoxy) is 2. The number of benzene rings is 2. The number of nitrogens with one attached hydrogen (secondary N) is 1. The van der Waals surface area contributed by atoms with Crippen LogP contribution in [-0.4, -0.2) is 34.3 Å². The van der Waals surface area contributed by atoms with Gasteiger partial charge in [0, 0.05) is 17.7 Å². The molecule has 5 rings (SSSR count). The average molecular weight is 445 g/mol. The number of anilines is 1. The smallest absolute Gasteiger partial charge is 0.226 e. The fraction of sp³-hybridized carbons (Fsp3) is 0.346. The fourth-order valence-electron chi connectivity index (χ4n) is 4.77. The van der Waals surface area contributed by atoms with Gasteiger partial charge >= 0.3 is 0 Å². The Morgan fingerprint density at radius 3 is 2.61 bits per heavy atom. The minimum atomic E-state index is -0.355. The van der Waals surface area contributed by atoms with Gasteiger partial charge in [0.2, 0.25) is 5.95 Å². The van der Waals surface area contributed by atoms with Crippen molar-refractivity contribution in [2.24, 2.45) is 5.41 Å². The largest absolute Gasteiger partial charge is 0.496 e. The number of ketones is 1. The quantitative estimate of drug-likeness (QED) is 0.596. The van der Waals surface area contributed by atoms with Gasteiger partial charge in [0.1, 0.15) is 17.5 Å². The Bertz CT molecular complexity index is 1240. The minimum absolute atomic E-state index is 0.111. The highest BCUT2D eigenvalue weighted by Gasteiger charge is 2.42. The molecule has 3 aromatic rings. The molecule has 33 heavy (non-hydrogen) atoms. The van der Waals surface area contributed by atoms with Crippen LogP contribution in [0.4, 0.5) is 5.95 Å². The summed E-state index contributed by atoms with van der Waals surface area (Å²) in [5.74, 6) is 2.83. The number of hydrogen-bond donors (Lipinski definition) is 1. The van der Waals surface area contributed by atoms with Gasteiger partial charge in [0.05, 0.1) is 19.3 Å². The Kier molecular flexibility index (Phi) is 5.19. The molecule has 0 saturated heterocycles. The van der Waals surface area contributed by atoms with Crippen molar-refractivity contribution in [1.29, 1.82) is 0 Å². The first kappa shape index (κ1) is 21.2. The number of fused-ring (bicyclic) bond motifs is 1. The summed E-state index contributed by atoms with van der Waals surface area (Å²) in [6.07, 6.45) is 1.28. The normalized spacial score (nSPS) is 18.9. The number of carbonyl (C=O) groups is 1. The summed E-state index contributed by atoms with van der Waals surface area (Å²) in [4.78, 5) is 18.2. The molecule has 7 nitrogen and oxygen atoms in total. The van der Waals surface area contributed by atoms with E-state index in [0.717, 1.165) is 34.6 Å². The summed E-state index contributed by atoms with van der Waals surface area (Å²) in [6, 6.07) is 15.2. The molecule has 0 saturated carbocycles. The number of allylic oxidation sites excluding steroid dienone is 2. The van der Waals surface area contributed by atoms with E-state index in [0.29, 0.717) is 30.5 Å². The van der Waals surface area contributed by atoms with Crippen LogP contribution in [0.1, 0.15) is 45.2 Å². The lowest BCUT2D eigenvalue weighted by molar-refractivity contribution is -0.118. The van der Waals surface area contributed by atoms with Crippen molar-refractivity contribution in [2.45, 2.75) is 39.7 Å². The van der Waals surface area contributed by atoms with Crippen molar-refractivity contribution in [1.82, 2.24) is 14.8 Å². The van der Waals surface area contributed by atoms with Crippen molar-refractivity contribution in [3.63, 3.8) is 0 Å². The molecule has 0 fully saturated rings. The number of rotatable bonds is 5. The zero-order chi connectivity index (χ0) is 23.2. The number of nitrogens with zero attached hydrogens (tertiary/aromatic N) is 3. The van der Waals surface area contributed by atoms with Crippen LogP contribution < -0.4 is 14.8 Å². The van der Waals surface area contributed by atoms with Crippen molar-refractivity contribution < 1.29 is 14.3 Å². The van der Waals surface area contributed by atoms with E-state index >= 15 is 0 Å². The van der Waals surface area contributed by atoms with Crippen LogP contribution in [0.25, 0.3) is 11.4 Å². The van der Waals surface area contributed by atoms with Crippen molar-refractivity contribution in [3.05, 3.63) is 65.4 Å². The van der Waals surface area contributed by atoms with Crippen LogP contribution in [0.3, 0.4) is 0 Å². The molecule has 1 atom stereocenters. The van der Waals surface area contributed by atoms with E-state index in [2.05, 4.69) is 19.2 Å². The van der Waals surface area contributed by atoms with Gasteiger partial charge in [0.15, 0.2) is 11.6 Å². The van der Waals surface area contributed by atoms with Crippen molar-refractivity contribution in [3.8, 4) is 22.9 Å². The third-order valence-electron chi connectivity index (χ3n) is 6.19. The molecule has 0 bridgehead atoms. The number of Topliss-reactive ketones (excluding diaryl/α,β-unsaturated/α-hetero) is 1. The van der Waals surface area contributed by atoms with Crippen molar-refractivity contribution >= 4 is 11.7 Å². The lowest BCUT2D eigenvalue weighted by Crippen LogP contribution is -2.36. The zero-order valence-corrected chi connectivity index (χ0v) is 19.4. The third kappa shape index (κ3) is 3.77. The van der Waals surface area contributed by atoms with Crippen LogP contribution in [0.5, 0.6) is 11.5 Å². The van der Waals surface area contributed by atoms with Crippen LogP contribution in [-0.2, 0) is 4.79 Å². The van der Waals surface area contributed by atoms with Gasteiger partial charge < -0.3 is 14.8 Å². The Balaban J connectivity index is 1.65. The maximum atomic E-state index is 13.4. The molecule has 0 radical (unpaired) electrons. The first-order valence-electron chi connectivity index (χ1n) is 11.3. The van der Waals surface area contributed by atoms with Crippen LogP contribution in [0.2, 0.25) is 0 Å². The first-order chi connectivity index (χ1) is 15.9. The number of para-hydroxylation sites is 1. The van der Waals surface area contributed by atoms with Crippen molar-refractivity contribution in [2.75, 3.05) is 19.0 Å². The van der Waals surface area contributed by atoms with Gasteiger partial charge in [0.25, 0.3) is 0 Å². The van der Waals surface area contributed by atoms with Crippen LogP contribution in [0, 0.1) is 5.41 Å². The second-order valence-electron chi connectivity index (χ2n) is 9.27. The molecule has 1 N–H and O–H groups in total. The highest BCUT2D eigenvalue weighted by Crippen LogP contribution is 2.46. The predicted molar refractivity (Wildman–Crippen MR) is 126 cm³/mol. The van der Waals surface area contributed by atoms with E-state index in [1.165, 1.54) is 0 Å². The third-order valence-corrected chi connectivity index (χ3v) is 6.19. The topological polar surface area (TPSA) is 78.3 Å². The second kappa shape index (κ2) is 8.06. The Morgan fingerprint density at radius 2 is 1.88 bits per heavy atom. The molecule has 2 aromatic carbocycles. The summed E-state index contributed by atoms with van der Waals surface area (Å²) in [5.41, 5.74) is 3.36. The monoisotopic (exact) mass is 444 g/mol. The highest BCUT2D eigenvalue weighted by molar-refractivity contribution is 6.00. The van der Waals surface area contributed by atoms with E-state index in [1.807, 2.05) is 60.1 Å². The minimum Gasteiger partial charge on any atom is -0.496 e. The molecular formula is C26H28N4O3. The summed E-state index contributed by atoms with van der Waals surface area (Å²) in [6.45, 7) is 6.82. The Labute approximate surface area is 193 Å². The summed E-state index contributed by atoms with van der Waals surface area (Å²) in [7, 11) is 1.64.